The number of carbonyl (C=O) groups is 2. The number of ether oxygens (including phenoxy) is 1. The topological polar surface area (TPSA) is 93.2 Å². The lowest BCUT2D eigenvalue weighted by atomic mass is 10.1. The average Bonchev–Trinajstić information content (AvgIpc) is 2.97. The van der Waals surface area contributed by atoms with Crippen molar-refractivity contribution in [3.63, 3.8) is 0 Å². The fourth-order valence-electron chi connectivity index (χ4n) is 2.23. The fourth-order valence-corrected chi connectivity index (χ4v) is 2.23. The zero-order valence-corrected chi connectivity index (χ0v) is 12.5. The number of para-hydroxylation sites is 1. The monoisotopic (exact) mass is 352 g/mol. The first kappa shape index (κ1) is 16.7. The molecule has 0 radical (unpaired) electrons. The third kappa shape index (κ3) is 3.67. The summed E-state index contributed by atoms with van der Waals surface area (Å²) in [6, 6.07) is 8.11. The van der Waals surface area contributed by atoms with E-state index in [2.05, 4.69) is 20.8 Å². The molecular weight excluding hydrogens is 341 g/mol. The first-order valence-corrected chi connectivity index (χ1v) is 7.09. The maximum Gasteiger partial charge on any atom is 0.435 e. The highest BCUT2D eigenvalue weighted by atomic mass is 19.4. The third-order valence-corrected chi connectivity index (χ3v) is 3.41. The van der Waals surface area contributed by atoms with Gasteiger partial charge in [-0.1, -0.05) is 18.2 Å². The van der Waals surface area contributed by atoms with Gasteiger partial charge in [-0.2, -0.15) is 13.2 Å². The van der Waals surface area contributed by atoms with Crippen LogP contribution in [0.3, 0.4) is 0 Å². The molecule has 130 valence electrons. The number of aromatic nitrogens is 2. The van der Waals surface area contributed by atoms with Crippen LogP contribution in [0.1, 0.15) is 17.3 Å². The third-order valence-electron chi connectivity index (χ3n) is 3.41. The zero-order chi connectivity index (χ0) is 18.0. The molecule has 25 heavy (non-hydrogen) atoms. The zero-order valence-electron chi connectivity index (χ0n) is 12.5. The van der Waals surface area contributed by atoms with Crippen molar-refractivity contribution in [2.45, 2.75) is 12.2 Å². The van der Waals surface area contributed by atoms with Gasteiger partial charge < -0.3 is 15.4 Å². The van der Waals surface area contributed by atoms with Crippen LogP contribution in [-0.4, -0.2) is 28.6 Å². The van der Waals surface area contributed by atoms with E-state index < -0.39 is 29.7 Å². The molecule has 10 heteroatoms. The molecule has 7 nitrogen and oxygen atoms in total. The minimum atomic E-state index is -4.64. The standard InChI is InChI=1S/C15H11F3N4O3/c16-15(17,18)11-5-6-12(22-21-11)20-14(24)13(23)19-9-7-25-10-4-2-1-3-8(9)10/h1-6,9H,7H2,(H,19,23)(H,20,22,24). The predicted molar refractivity (Wildman–Crippen MR) is 78.5 cm³/mol. The summed E-state index contributed by atoms with van der Waals surface area (Å²) in [4.78, 5) is 23.8. The molecule has 1 aliphatic heterocycles. The Balaban J connectivity index is 1.61. The number of rotatable bonds is 2. The number of fused-ring (bicyclic) bond motifs is 1. The van der Waals surface area contributed by atoms with Crippen LogP contribution in [0.5, 0.6) is 5.75 Å². The average molecular weight is 352 g/mol. The minimum absolute atomic E-state index is 0.179. The highest BCUT2D eigenvalue weighted by molar-refractivity contribution is 6.39. The molecule has 1 atom stereocenters. The van der Waals surface area contributed by atoms with Crippen molar-refractivity contribution in [2.75, 3.05) is 11.9 Å². The number of benzene rings is 1. The molecule has 2 amide bonds. The van der Waals surface area contributed by atoms with Gasteiger partial charge in [0.2, 0.25) is 0 Å². The Labute approximate surface area is 139 Å². The van der Waals surface area contributed by atoms with E-state index in [1.807, 2.05) is 0 Å². The van der Waals surface area contributed by atoms with E-state index in [0.717, 1.165) is 11.6 Å². The van der Waals surface area contributed by atoms with Crippen LogP contribution in [-0.2, 0) is 15.8 Å². The fraction of sp³-hybridized carbons (Fsp3) is 0.200. The van der Waals surface area contributed by atoms with Crippen LogP contribution in [0.15, 0.2) is 36.4 Å². The highest BCUT2D eigenvalue weighted by Crippen LogP contribution is 2.31. The summed E-state index contributed by atoms with van der Waals surface area (Å²) < 4.78 is 42.6. The van der Waals surface area contributed by atoms with Crippen LogP contribution in [0.2, 0.25) is 0 Å². The van der Waals surface area contributed by atoms with E-state index in [4.69, 9.17) is 4.74 Å². The molecule has 1 aliphatic rings. The van der Waals surface area contributed by atoms with Crippen molar-refractivity contribution >= 4 is 17.6 Å². The molecule has 2 aromatic rings. The highest BCUT2D eigenvalue weighted by Gasteiger charge is 2.33. The second-order valence-electron chi connectivity index (χ2n) is 5.13. The number of alkyl halides is 3. The number of hydrogen-bond donors (Lipinski definition) is 2. The number of nitrogens with one attached hydrogen (secondary N) is 2. The maximum absolute atomic E-state index is 12.4. The lowest BCUT2D eigenvalue weighted by molar-refractivity contribution is -0.141. The van der Waals surface area contributed by atoms with Crippen LogP contribution in [0, 0.1) is 0 Å². The Morgan fingerprint density at radius 3 is 2.52 bits per heavy atom. The first-order chi connectivity index (χ1) is 11.8. The predicted octanol–water partition coefficient (Wildman–Crippen LogP) is 1.68. The van der Waals surface area contributed by atoms with E-state index in [1.54, 1.807) is 24.3 Å². The van der Waals surface area contributed by atoms with Gasteiger partial charge in [0.25, 0.3) is 0 Å². The van der Waals surface area contributed by atoms with Gasteiger partial charge in [-0.15, -0.1) is 10.2 Å². The molecule has 0 bridgehead atoms. The molecule has 1 unspecified atom stereocenters. The largest absolute Gasteiger partial charge is 0.491 e. The van der Waals surface area contributed by atoms with Crippen LogP contribution in [0.4, 0.5) is 19.0 Å². The lowest BCUT2D eigenvalue weighted by Crippen LogP contribution is -2.38. The molecule has 0 aliphatic carbocycles. The van der Waals surface area contributed by atoms with Gasteiger partial charge in [0, 0.05) is 5.56 Å². The number of amides is 2. The number of nitrogens with zero attached hydrogens (tertiary/aromatic N) is 2. The van der Waals surface area contributed by atoms with Gasteiger partial charge >= 0.3 is 18.0 Å². The Kier molecular flexibility index (Phi) is 4.26. The molecule has 1 aromatic heterocycles. The van der Waals surface area contributed by atoms with Gasteiger partial charge in [0.15, 0.2) is 11.5 Å². The summed E-state index contributed by atoms with van der Waals surface area (Å²) in [5.41, 5.74) is -0.465. The van der Waals surface area contributed by atoms with E-state index in [1.165, 1.54) is 0 Å². The van der Waals surface area contributed by atoms with Gasteiger partial charge in [-0.25, -0.2) is 0 Å². The summed E-state index contributed by atoms with van der Waals surface area (Å²) >= 11 is 0. The van der Waals surface area contributed by atoms with Crippen LogP contribution < -0.4 is 15.4 Å². The summed E-state index contributed by atoms with van der Waals surface area (Å²) in [6.45, 7) is 0.179. The maximum atomic E-state index is 12.4. The molecule has 0 spiro atoms. The SMILES string of the molecule is O=C(Nc1ccc(C(F)(F)F)nn1)C(=O)NC1COc2ccccc21. The number of halogens is 3. The van der Waals surface area contributed by atoms with Crippen molar-refractivity contribution < 1.29 is 27.5 Å². The number of carbonyl (C=O) groups excluding carboxylic acids is 2. The van der Waals surface area contributed by atoms with Crippen LogP contribution >= 0.6 is 0 Å². The van der Waals surface area contributed by atoms with E-state index in [9.17, 15) is 22.8 Å². The van der Waals surface area contributed by atoms with Crippen molar-refractivity contribution in [3.05, 3.63) is 47.7 Å². The molecule has 3 rings (SSSR count). The second kappa shape index (κ2) is 6.38. The van der Waals surface area contributed by atoms with E-state index in [-0.39, 0.29) is 12.4 Å². The van der Waals surface area contributed by atoms with Crippen molar-refractivity contribution in [3.8, 4) is 5.75 Å². The molecule has 0 fully saturated rings. The molecule has 0 saturated carbocycles. The summed E-state index contributed by atoms with van der Waals surface area (Å²) in [7, 11) is 0. The molecule has 0 saturated heterocycles. The second-order valence-corrected chi connectivity index (χ2v) is 5.13. The lowest BCUT2D eigenvalue weighted by Gasteiger charge is -2.11. The molecule has 2 heterocycles. The minimum Gasteiger partial charge on any atom is -0.491 e. The summed E-state index contributed by atoms with van der Waals surface area (Å²) in [5, 5.41) is 10.8. The van der Waals surface area contributed by atoms with Crippen LogP contribution in [0.25, 0.3) is 0 Å². The Bertz CT molecular complexity index is 808. The Morgan fingerprint density at radius 1 is 1.08 bits per heavy atom. The quantitative estimate of drug-likeness (QED) is 0.803. The van der Waals surface area contributed by atoms with Gasteiger partial charge in [-0.05, 0) is 18.2 Å². The molecule has 2 N–H and O–H groups in total. The van der Waals surface area contributed by atoms with Crippen molar-refractivity contribution in [2.24, 2.45) is 0 Å². The first-order valence-electron chi connectivity index (χ1n) is 7.09. The number of anilines is 1. The van der Waals surface area contributed by atoms with Crippen molar-refractivity contribution in [1.29, 1.82) is 0 Å². The normalized spacial score (nSPS) is 15.9. The summed E-state index contributed by atoms with van der Waals surface area (Å²) in [6.07, 6.45) is -4.64. The van der Waals surface area contributed by atoms with E-state index >= 15 is 0 Å². The molecular formula is C15H11F3N4O3. The van der Waals surface area contributed by atoms with Gasteiger partial charge in [0.05, 0.1) is 6.04 Å². The summed E-state index contributed by atoms with van der Waals surface area (Å²) in [5.74, 6) is -1.69. The number of hydrogen-bond acceptors (Lipinski definition) is 5. The van der Waals surface area contributed by atoms with Gasteiger partial charge in [-0.3, -0.25) is 9.59 Å². The van der Waals surface area contributed by atoms with Crippen molar-refractivity contribution in [1.82, 2.24) is 15.5 Å². The Hall–Kier alpha value is -3.17. The molecule has 1 aromatic carbocycles. The smallest absolute Gasteiger partial charge is 0.435 e. The Morgan fingerprint density at radius 2 is 1.84 bits per heavy atom. The van der Waals surface area contributed by atoms with Gasteiger partial charge in [0.1, 0.15) is 12.4 Å². The van der Waals surface area contributed by atoms with E-state index in [0.29, 0.717) is 11.8 Å².